The third kappa shape index (κ3) is 3.39. The lowest BCUT2D eigenvalue weighted by Gasteiger charge is -2.15. The highest BCUT2D eigenvalue weighted by atomic mass is 35.5. The van der Waals surface area contributed by atoms with Gasteiger partial charge in [0.2, 0.25) is 0 Å². The fraction of sp³-hybridized carbons (Fsp3) is 0.235. The van der Waals surface area contributed by atoms with E-state index in [1.165, 1.54) is 6.07 Å². The van der Waals surface area contributed by atoms with Crippen LogP contribution in [0.5, 0.6) is 0 Å². The molecule has 24 heavy (non-hydrogen) atoms. The van der Waals surface area contributed by atoms with Gasteiger partial charge in [0.1, 0.15) is 5.39 Å². The molecule has 0 amide bonds. The highest BCUT2D eigenvalue weighted by molar-refractivity contribution is 6.11. The van der Waals surface area contributed by atoms with Gasteiger partial charge in [-0.25, -0.2) is 4.98 Å². The van der Waals surface area contributed by atoms with Gasteiger partial charge in [-0.15, -0.1) is 12.4 Å². The van der Waals surface area contributed by atoms with Crippen LogP contribution < -0.4 is 5.32 Å². The second-order valence-corrected chi connectivity index (χ2v) is 5.66. The van der Waals surface area contributed by atoms with E-state index >= 15 is 0 Å². The molecule has 0 radical (unpaired) electrons. The van der Waals surface area contributed by atoms with Gasteiger partial charge in [0, 0.05) is 24.5 Å². The standard InChI is InChI=1S/C17H18N4O2.ClH/c1-20(2)11-10-18-17-12-6-3-4-7-13(12)19-14-8-5-9-15(16(14)17)21(22)23;/h3-9H,10-11H2,1-2H3,(H,18,19);1H. The molecule has 0 unspecified atom stereocenters. The summed E-state index contributed by atoms with van der Waals surface area (Å²) in [4.78, 5) is 17.7. The van der Waals surface area contributed by atoms with Crippen LogP contribution in [0.3, 0.4) is 0 Å². The van der Waals surface area contributed by atoms with E-state index in [9.17, 15) is 10.1 Å². The number of halogens is 1. The lowest BCUT2D eigenvalue weighted by molar-refractivity contribution is -0.383. The zero-order chi connectivity index (χ0) is 16.4. The zero-order valence-corrected chi connectivity index (χ0v) is 14.3. The Balaban J connectivity index is 0.00000208. The van der Waals surface area contributed by atoms with E-state index in [1.54, 1.807) is 6.07 Å². The van der Waals surface area contributed by atoms with Gasteiger partial charge in [-0.3, -0.25) is 10.1 Å². The number of para-hydroxylation sites is 1. The molecule has 0 saturated carbocycles. The first-order valence-corrected chi connectivity index (χ1v) is 7.42. The molecule has 2 aromatic carbocycles. The molecule has 0 spiro atoms. The van der Waals surface area contributed by atoms with Crippen molar-refractivity contribution in [3.05, 3.63) is 52.6 Å². The summed E-state index contributed by atoms with van der Waals surface area (Å²) in [7, 11) is 3.99. The van der Waals surface area contributed by atoms with Gasteiger partial charge in [-0.05, 0) is 26.2 Å². The fourth-order valence-electron chi connectivity index (χ4n) is 2.66. The maximum absolute atomic E-state index is 11.4. The number of nitrogens with zero attached hydrogens (tertiary/aromatic N) is 3. The molecule has 1 heterocycles. The predicted octanol–water partition coefficient (Wildman–Crippen LogP) is 3.69. The number of nitro groups is 1. The summed E-state index contributed by atoms with van der Waals surface area (Å²) >= 11 is 0. The van der Waals surface area contributed by atoms with E-state index in [-0.39, 0.29) is 23.0 Å². The molecular weight excluding hydrogens is 328 g/mol. The van der Waals surface area contributed by atoms with Crippen LogP contribution in [0.25, 0.3) is 21.8 Å². The Morgan fingerprint density at radius 3 is 2.54 bits per heavy atom. The van der Waals surface area contributed by atoms with Gasteiger partial charge in [-0.1, -0.05) is 24.3 Å². The number of aromatic nitrogens is 1. The van der Waals surface area contributed by atoms with Crippen molar-refractivity contribution < 1.29 is 4.92 Å². The van der Waals surface area contributed by atoms with Crippen LogP contribution in [0, 0.1) is 10.1 Å². The van der Waals surface area contributed by atoms with E-state index in [4.69, 9.17) is 0 Å². The molecule has 1 aromatic heterocycles. The Morgan fingerprint density at radius 2 is 1.83 bits per heavy atom. The minimum Gasteiger partial charge on any atom is -0.382 e. The van der Waals surface area contributed by atoms with Crippen molar-refractivity contribution in [2.24, 2.45) is 0 Å². The van der Waals surface area contributed by atoms with E-state index in [2.05, 4.69) is 15.2 Å². The molecule has 1 N–H and O–H groups in total. The topological polar surface area (TPSA) is 71.3 Å². The average molecular weight is 347 g/mol. The summed E-state index contributed by atoms with van der Waals surface area (Å²) in [6.07, 6.45) is 0. The molecule has 0 aliphatic carbocycles. The van der Waals surface area contributed by atoms with Crippen molar-refractivity contribution in [2.45, 2.75) is 0 Å². The molecule has 6 nitrogen and oxygen atoms in total. The molecule has 7 heteroatoms. The maximum Gasteiger partial charge on any atom is 0.280 e. The maximum atomic E-state index is 11.4. The van der Waals surface area contributed by atoms with Crippen LogP contribution in [0.15, 0.2) is 42.5 Å². The second kappa shape index (κ2) is 7.42. The number of hydrogen-bond donors (Lipinski definition) is 1. The summed E-state index contributed by atoms with van der Waals surface area (Å²) in [6, 6.07) is 12.7. The largest absolute Gasteiger partial charge is 0.382 e. The highest BCUT2D eigenvalue weighted by Gasteiger charge is 2.18. The Labute approximate surface area is 146 Å². The van der Waals surface area contributed by atoms with Gasteiger partial charge in [-0.2, -0.15) is 0 Å². The number of nitrogens with one attached hydrogen (secondary N) is 1. The smallest absolute Gasteiger partial charge is 0.280 e. The van der Waals surface area contributed by atoms with Gasteiger partial charge in [0.15, 0.2) is 0 Å². The van der Waals surface area contributed by atoms with Crippen molar-refractivity contribution in [3.8, 4) is 0 Å². The number of pyridine rings is 1. The average Bonchev–Trinajstić information content (AvgIpc) is 2.53. The number of rotatable bonds is 5. The van der Waals surface area contributed by atoms with Crippen molar-refractivity contribution in [1.82, 2.24) is 9.88 Å². The number of likely N-dealkylation sites (N-methyl/N-ethyl adjacent to an activating group) is 1. The summed E-state index contributed by atoms with van der Waals surface area (Å²) < 4.78 is 0. The molecule has 0 bridgehead atoms. The van der Waals surface area contributed by atoms with Crippen molar-refractivity contribution in [1.29, 1.82) is 0 Å². The predicted molar refractivity (Wildman–Crippen MR) is 100 cm³/mol. The molecule has 0 saturated heterocycles. The van der Waals surface area contributed by atoms with Gasteiger partial charge in [0.05, 0.1) is 21.6 Å². The Hall–Kier alpha value is -2.44. The quantitative estimate of drug-likeness (QED) is 0.433. The first-order chi connectivity index (χ1) is 11.1. The summed E-state index contributed by atoms with van der Waals surface area (Å²) in [5.41, 5.74) is 2.31. The highest BCUT2D eigenvalue weighted by Crippen LogP contribution is 2.36. The first kappa shape index (κ1) is 17.9. The number of benzene rings is 2. The molecular formula is C17H19ClN4O2. The number of non-ortho nitro benzene ring substituents is 1. The third-order valence-corrected chi connectivity index (χ3v) is 3.74. The van der Waals surface area contributed by atoms with Crippen molar-refractivity contribution >= 4 is 45.6 Å². The monoisotopic (exact) mass is 346 g/mol. The Morgan fingerprint density at radius 1 is 1.12 bits per heavy atom. The van der Waals surface area contributed by atoms with E-state index in [1.807, 2.05) is 44.4 Å². The number of anilines is 1. The lowest BCUT2D eigenvalue weighted by Crippen LogP contribution is -2.21. The Bertz CT molecular complexity index is 883. The Kier molecular flexibility index (Phi) is 5.54. The summed E-state index contributed by atoms with van der Waals surface area (Å²) in [6.45, 7) is 1.53. The fourth-order valence-corrected chi connectivity index (χ4v) is 2.66. The van der Waals surface area contributed by atoms with Crippen LogP contribution in [0.2, 0.25) is 0 Å². The molecule has 0 fully saturated rings. The number of nitro benzene ring substituents is 1. The second-order valence-electron chi connectivity index (χ2n) is 5.66. The lowest BCUT2D eigenvalue weighted by atomic mass is 10.1. The van der Waals surface area contributed by atoms with Crippen LogP contribution in [-0.4, -0.2) is 42.0 Å². The van der Waals surface area contributed by atoms with E-state index in [0.29, 0.717) is 17.4 Å². The SMILES string of the molecule is CN(C)CCNc1c2ccccc2nc2cccc([N+](=O)[O-])c12.Cl. The van der Waals surface area contributed by atoms with Crippen molar-refractivity contribution in [3.63, 3.8) is 0 Å². The van der Waals surface area contributed by atoms with Gasteiger partial charge in [0.25, 0.3) is 5.69 Å². The molecule has 126 valence electrons. The number of fused-ring (bicyclic) bond motifs is 2. The summed E-state index contributed by atoms with van der Waals surface area (Å²) in [5, 5.41) is 16.3. The van der Waals surface area contributed by atoms with Crippen LogP contribution in [-0.2, 0) is 0 Å². The van der Waals surface area contributed by atoms with Crippen LogP contribution in [0.4, 0.5) is 11.4 Å². The van der Waals surface area contributed by atoms with Crippen LogP contribution in [0.1, 0.15) is 0 Å². The van der Waals surface area contributed by atoms with Crippen molar-refractivity contribution in [2.75, 3.05) is 32.5 Å². The van der Waals surface area contributed by atoms with E-state index in [0.717, 1.165) is 23.1 Å². The number of hydrogen-bond acceptors (Lipinski definition) is 5. The minimum atomic E-state index is -0.351. The first-order valence-electron chi connectivity index (χ1n) is 7.42. The summed E-state index contributed by atoms with van der Waals surface area (Å²) in [5.74, 6) is 0. The molecule has 0 aliphatic rings. The molecule has 3 aromatic rings. The third-order valence-electron chi connectivity index (χ3n) is 3.74. The van der Waals surface area contributed by atoms with Gasteiger partial charge < -0.3 is 10.2 Å². The van der Waals surface area contributed by atoms with Crippen LogP contribution >= 0.6 is 12.4 Å². The molecule has 0 atom stereocenters. The normalized spacial score (nSPS) is 10.8. The van der Waals surface area contributed by atoms with Gasteiger partial charge >= 0.3 is 0 Å². The molecule has 3 rings (SSSR count). The zero-order valence-electron chi connectivity index (χ0n) is 13.5. The van der Waals surface area contributed by atoms with E-state index < -0.39 is 0 Å². The minimum absolute atomic E-state index is 0. The molecule has 0 aliphatic heterocycles.